The topological polar surface area (TPSA) is 35.5 Å². The lowest BCUT2D eigenvalue weighted by atomic mass is 10.1. The summed E-state index contributed by atoms with van der Waals surface area (Å²) in [6, 6.07) is 12.5. The van der Waals surface area contributed by atoms with E-state index in [9.17, 15) is 4.79 Å². The summed E-state index contributed by atoms with van der Waals surface area (Å²) in [6.45, 7) is 2.18. The highest BCUT2D eigenvalue weighted by molar-refractivity contribution is 9.10. The molecule has 0 aliphatic rings. The van der Waals surface area contributed by atoms with Crippen molar-refractivity contribution in [2.24, 2.45) is 0 Å². The Kier molecular flexibility index (Phi) is 5.65. The van der Waals surface area contributed by atoms with Crippen molar-refractivity contribution in [2.45, 2.75) is 6.92 Å². The summed E-state index contributed by atoms with van der Waals surface area (Å²) >= 11 is 9.39. The van der Waals surface area contributed by atoms with E-state index in [1.807, 2.05) is 12.1 Å². The first-order valence-electron chi connectivity index (χ1n) is 6.38. The van der Waals surface area contributed by atoms with Crippen LogP contribution in [0, 0.1) is 0 Å². The molecule has 2 rings (SSSR count). The first-order valence-corrected chi connectivity index (χ1v) is 7.55. The lowest BCUT2D eigenvalue weighted by Crippen LogP contribution is -2.11. The van der Waals surface area contributed by atoms with E-state index >= 15 is 0 Å². The summed E-state index contributed by atoms with van der Waals surface area (Å²) in [7, 11) is 0. The fraction of sp³-hybridized carbons (Fsp3) is 0.188. The monoisotopic (exact) mass is 368 g/mol. The Morgan fingerprint density at radius 2 is 1.76 bits per heavy atom. The Morgan fingerprint density at radius 1 is 1.10 bits per heavy atom. The number of rotatable bonds is 6. The van der Waals surface area contributed by atoms with Gasteiger partial charge in [0.05, 0.1) is 10.6 Å². The van der Waals surface area contributed by atoms with Crippen LogP contribution < -0.4 is 9.47 Å². The molecule has 0 atom stereocenters. The number of benzene rings is 2. The van der Waals surface area contributed by atoms with E-state index < -0.39 is 0 Å². The molecule has 3 nitrogen and oxygen atoms in total. The largest absolute Gasteiger partial charge is 0.489 e. The van der Waals surface area contributed by atoms with Crippen LogP contribution >= 0.6 is 27.5 Å². The Morgan fingerprint density at radius 3 is 2.48 bits per heavy atom. The van der Waals surface area contributed by atoms with Gasteiger partial charge in [0.1, 0.15) is 24.7 Å². The molecule has 5 heteroatoms. The van der Waals surface area contributed by atoms with Crippen molar-refractivity contribution in [3.63, 3.8) is 0 Å². The number of Topliss-reactive ketones (excluding diaryl/α,β-unsaturated/α-hetero) is 1. The third-order valence-corrected chi connectivity index (χ3v) is 3.56. The maximum atomic E-state index is 11.5. The van der Waals surface area contributed by atoms with Gasteiger partial charge in [0.15, 0.2) is 5.78 Å². The van der Waals surface area contributed by atoms with Gasteiger partial charge in [0.2, 0.25) is 0 Å². The molecule has 0 radical (unpaired) electrons. The predicted octanol–water partition coefficient (Wildman–Crippen LogP) is 4.76. The van der Waals surface area contributed by atoms with Gasteiger partial charge in [-0.15, -0.1) is 0 Å². The lowest BCUT2D eigenvalue weighted by Gasteiger charge is -2.11. The van der Waals surface area contributed by atoms with Crippen LogP contribution in [0.4, 0.5) is 0 Å². The van der Waals surface area contributed by atoms with E-state index in [2.05, 4.69) is 15.9 Å². The van der Waals surface area contributed by atoms with Crippen LogP contribution in [0.25, 0.3) is 0 Å². The normalized spacial score (nSPS) is 10.2. The number of ether oxygens (including phenoxy) is 2. The smallest absolute Gasteiger partial charge is 0.163 e. The van der Waals surface area contributed by atoms with Gasteiger partial charge < -0.3 is 9.47 Å². The van der Waals surface area contributed by atoms with Crippen molar-refractivity contribution in [1.29, 1.82) is 0 Å². The standard InChI is InChI=1S/C16H14BrClO3/c1-11(19)13-4-2-3-5-15(13)20-8-9-21-16-10-12(17)6-7-14(16)18/h2-7,10H,8-9H2,1H3. The molecule has 110 valence electrons. The quantitative estimate of drug-likeness (QED) is 0.544. The zero-order valence-corrected chi connectivity index (χ0v) is 13.8. The first kappa shape index (κ1) is 15.9. The van der Waals surface area contributed by atoms with Crippen molar-refractivity contribution in [3.8, 4) is 11.5 Å². The number of carbonyl (C=O) groups excluding carboxylic acids is 1. The molecule has 0 unspecified atom stereocenters. The van der Waals surface area contributed by atoms with Crippen LogP contribution in [0.1, 0.15) is 17.3 Å². The van der Waals surface area contributed by atoms with Gasteiger partial charge in [-0.3, -0.25) is 4.79 Å². The number of hydrogen-bond acceptors (Lipinski definition) is 3. The van der Waals surface area contributed by atoms with Crippen molar-refractivity contribution in [3.05, 3.63) is 57.5 Å². The predicted molar refractivity (Wildman–Crippen MR) is 86.6 cm³/mol. The van der Waals surface area contributed by atoms with Crippen molar-refractivity contribution in [2.75, 3.05) is 13.2 Å². The summed E-state index contributed by atoms with van der Waals surface area (Å²) in [4.78, 5) is 11.5. The van der Waals surface area contributed by atoms with Gasteiger partial charge in [-0.2, -0.15) is 0 Å². The molecule has 0 bridgehead atoms. The number of carbonyl (C=O) groups is 1. The van der Waals surface area contributed by atoms with E-state index in [1.54, 1.807) is 30.3 Å². The molecule has 2 aromatic carbocycles. The number of para-hydroxylation sites is 1. The summed E-state index contributed by atoms with van der Waals surface area (Å²) < 4.78 is 12.1. The van der Waals surface area contributed by atoms with Crippen LogP contribution in [-0.4, -0.2) is 19.0 Å². The molecule has 0 aliphatic heterocycles. The molecular weight excluding hydrogens is 356 g/mol. The maximum absolute atomic E-state index is 11.5. The summed E-state index contributed by atoms with van der Waals surface area (Å²) in [6.07, 6.45) is 0. The molecule has 0 fully saturated rings. The van der Waals surface area contributed by atoms with Gasteiger partial charge in [-0.05, 0) is 37.3 Å². The highest BCUT2D eigenvalue weighted by Gasteiger charge is 2.07. The fourth-order valence-electron chi connectivity index (χ4n) is 1.77. The molecule has 0 heterocycles. The number of hydrogen-bond donors (Lipinski definition) is 0. The van der Waals surface area contributed by atoms with Crippen molar-refractivity contribution >= 4 is 33.3 Å². The Labute approximate surface area is 137 Å². The molecule has 0 saturated heterocycles. The summed E-state index contributed by atoms with van der Waals surface area (Å²) in [5, 5.41) is 0.544. The van der Waals surface area contributed by atoms with Crippen molar-refractivity contribution in [1.82, 2.24) is 0 Å². The van der Waals surface area contributed by atoms with E-state index in [4.69, 9.17) is 21.1 Å². The SMILES string of the molecule is CC(=O)c1ccccc1OCCOc1cc(Br)ccc1Cl. The van der Waals surface area contributed by atoms with E-state index in [1.165, 1.54) is 6.92 Å². The van der Waals surface area contributed by atoms with Crippen LogP contribution in [-0.2, 0) is 0 Å². The molecule has 21 heavy (non-hydrogen) atoms. The summed E-state index contributed by atoms with van der Waals surface area (Å²) in [5.41, 5.74) is 0.568. The average Bonchev–Trinajstić information content (AvgIpc) is 2.47. The Bertz CT molecular complexity index is 643. The van der Waals surface area contributed by atoms with Gasteiger partial charge in [-0.1, -0.05) is 39.7 Å². The van der Waals surface area contributed by atoms with Crippen LogP contribution in [0.5, 0.6) is 11.5 Å². The highest BCUT2D eigenvalue weighted by atomic mass is 79.9. The second-order valence-corrected chi connectivity index (χ2v) is 5.65. The Balaban J connectivity index is 1.91. The molecular formula is C16H14BrClO3. The van der Waals surface area contributed by atoms with Gasteiger partial charge in [0, 0.05) is 4.47 Å². The minimum Gasteiger partial charge on any atom is -0.489 e. The van der Waals surface area contributed by atoms with E-state index in [0.717, 1.165) is 4.47 Å². The molecule has 0 aromatic heterocycles. The van der Waals surface area contributed by atoms with Crippen molar-refractivity contribution < 1.29 is 14.3 Å². The summed E-state index contributed by atoms with van der Waals surface area (Å²) in [5.74, 6) is 1.13. The van der Waals surface area contributed by atoms with Crippen LogP contribution in [0.3, 0.4) is 0 Å². The van der Waals surface area contributed by atoms with Crippen LogP contribution in [0.2, 0.25) is 5.02 Å². The third-order valence-electron chi connectivity index (χ3n) is 2.76. The second-order valence-electron chi connectivity index (χ2n) is 4.32. The average molecular weight is 370 g/mol. The Hall–Kier alpha value is -1.52. The van der Waals surface area contributed by atoms with Gasteiger partial charge in [0.25, 0.3) is 0 Å². The fourth-order valence-corrected chi connectivity index (χ4v) is 2.29. The molecule has 0 aliphatic carbocycles. The lowest BCUT2D eigenvalue weighted by molar-refractivity contribution is 0.101. The molecule has 0 N–H and O–H groups in total. The molecule has 0 saturated carbocycles. The minimum atomic E-state index is -0.0263. The molecule has 0 amide bonds. The zero-order valence-electron chi connectivity index (χ0n) is 11.4. The van der Waals surface area contributed by atoms with Gasteiger partial charge in [-0.25, -0.2) is 0 Å². The number of ketones is 1. The van der Waals surface area contributed by atoms with Gasteiger partial charge >= 0.3 is 0 Å². The second kappa shape index (κ2) is 7.48. The molecule has 0 spiro atoms. The first-order chi connectivity index (χ1) is 10.1. The van der Waals surface area contributed by atoms with E-state index in [0.29, 0.717) is 35.3 Å². The molecule has 2 aromatic rings. The maximum Gasteiger partial charge on any atom is 0.163 e. The minimum absolute atomic E-state index is 0.0263. The zero-order chi connectivity index (χ0) is 15.2. The third kappa shape index (κ3) is 4.48. The van der Waals surface area contributed by atoms with Crippen LogP contribution in [0.15, 0.2) is 46.9 Å². The van der Waals surface area contributed by atoms with E-state index in [-0.39, 0.29) is 5.78 Å². The number of halogens is 2. The highest BCUT2D eigenvalue weighted by Crippen LogP contribution is 2.27.